The van der Waals surface area contributed by atoms with Crippen molar-refractivity contribution in [3.63, 3.8) is 0 Å². The summed E-state index contributed by atoms with van der Waals surface area (Å²) in [4.78, 5) is 10.6. The zero-order chi connectivity index (χ0) is 8.48. The smallest absolute Gasteiger partial charge is 0.137 e. The number of aromatic nitrogens is 1. The minimum Gasteiger partial charge on any atom is -0.361 e. The van der Waals surface area contributed by atoms with Crippen molar-refractivity contribution < 1.29 is 9.32 Å². The number of nitrogens with zero attached hydrogens (tertiary/aromatic N) is 1. The van der Waals surface area contributed by atoms with Crippen LogP contribution < -0.4 is 0 Å². The second kappa shape index (κ2) is 2.49. The molecule has 0 bridgehead atoms. The molecular formula is C8H11NO2. The molecule has 0 atom stereocenters. The van der Waals surface area contributed by atoms with Crippen LogP contribution in [0.25, 0.3) is 0 Å². The maximum absolute atomic E-state index is 10.6. The second-order valence-corrected chi connectivity index (χ2v) is 3.14. The highest BCUT2D eigenvalue weighted by atomic mass is 16.5. The first-order chi connectivity index (χ1) is 5.08. The molecular weight excluding hydrogens is 142 g/mol. The third-order valence-corrected chi connectivity index (χ3v) is 1.74. The maximum Gasteiger partial charge on any atom is 0.137 e. The average Bonchev–Trinajstić information content (AvgIpc) is 2.36. The van der Waals surface area contributed by atoms with E-state index in [0.717, 1.165) is 11.8 Å². The molecule has 0 amide bonds. The number of rotatable bonds is 2. The number of carbonyl (C=O) groups is 1. The molecule has 0 saturated carbocycles. The number of carbonyl (C=O) groups excluding carboxylic acids is 1. The van der Waals surface area contributed by atoms with Crippen LogP contribution in [0.15, 0.2) is 10.7 Å². The van der Waals surface area contributed by atoms with E-state index in [1.807, 2.05) is 13.8 Å². The summed E-state index contributed by atoms with van der Waals surface area (Å²) in [5.41, 5.74) is 0.372. The van der Waals surface area contributed by atoms with Crippen LogP contribution in [0.4, 0.5) is 0 Å². The van der Waals surface area contributed by atoms with Gasteiger partial charge in [-0.05, 0) is 20.8 Å². The van der Waals surface area contributed by atoms with Crippen LogP contribution in [0.3, 0.4) is 0 Å². The van der Waals surface area contributed by atoms with E-state index in [-0.39, 0.29) is 0 Å². The standard InChI is InChI=1S/C8H11NO2/c1-6-7(4-9-11-6)8(2,3)5-10/h4-5H,1-3H3. The van der Waals surface area contributed by atoms with Gasteiger partial charge in [0, 0.05) is 5.56 Å². The lowest BCUT2D eigenvalue weighted by Crippen LogP contribution is -2.18. The Hall–Kier alpha value is -1.12. The molecule has 0 aliphatic rings. The van der Waals surface area contributed by atoms with Crippen molar-refractivity contribution in [2.75, 3.05) is 0 Å². The van der Waals surface area contributed by atoms with Crippen molar-refractivity contribution >= 4 is 6.29 Å². The van der Waals surface area contributed by atoms with E-state index in [1.54, 1.807) is 13.1 Å². The van der Waals surface area contributed by atoms with Gasteiger partial charge in [0.15, 0.2) is 0 Å². The third-order valence-electron chi connectivity index (χ3n) is 1.74. The van der Waals surface area contributed by atoms with Crippen molar-refractivity contribution in [1.29, 1.82) is 0 Å². The Morgan fingerprint density at radius 1 is 1.64 bits per heavy atom. The molecule has 1 aromatic heterocycles. The number of aryl methyl sites for hydroxylation is 1. The minimum atomic E-state index is -0.482. The molecule has 0 saturated heterocycles. The van der Waals surface area contributed by atoms with Crippen molar-refractivity contribution in [2.24, 2.45) is 0 Å². The second-order valence-electron chi connectivity index (χ2n) is 3.14. The molecule has 0 aromatic carbocycles. The molecule has 0 aliphatic heterocycles. The molecule has 60 valence electrons. The number of aldehydes is 1. The van der Waals surface area contributed by atoms with Gasteiger partial charge >= 0.3 is 0 Å². The molecule has 3 nitrogen and oxygen atoms in total. The van der Waals surface area contributed by atoms with Crippen LogP contribution in [-0.2, 0) is 10.2 Å². The van der Waals surface area contributed by atoms with Crippen LogP contribution in [0.5, 0.6) is 0 Å². The highest BCUT2D eigenvalue weighted by molar-refractivity contribution is 5.67. The summed E-state index contributed by atoms with van der Waals surface area (Å²) in [6, 6.07) is 0. The fourth-order valence-corrected chi connectivity index (χ4v) is 0.982. The van der Waals surface area contributed by atoms with Crippen molar-refractivity contribution in [3.8, 4) is 0 Å². The lowest BCUT2D eigenvalue weighted by molar-refractivity contribution is -0.111. The minimum absolute atomic E-state index is 0.482. The zero-order valence-electron chi connectivity index (χ0n) is 6.92. The summed E-state index contributed by atoms with van der Waals surface area (Å²) >= 11 is 0. The van der Waals surface area contributed by atoms with Crippen LogP contribution in [0, 0.1) is 6.92 Å². The normalized spacial score (nSPS) is 11.5. The summed E-state index contributed by atoms with van der Waals surface area (Å²) in [5, 5.41) is 3.60. The topological polar surface area (TPSA) is 43.1 Å². The molecule has 0 fully saturated rings. The molecule has 1 aromatic rings. The molecule has 11 heavy (non-hydrogen) atoms. The van der Waals surface area contributed by atoms with E-state index in [9.17, 15) is 4.79 Å². The van der Waals surface area contributed by atoms with Gasteiger partial charge in [-0.2, -0.15) is 0 Å². The van der Waals surface area contributed by atoms with Gasteiger partial charge < -0.3 is 9.32 Å². The monoisotopic (exact) mass is 153 g/mol. The van der Waals surface area contributed by atoms with Crippen molar-refractivity contribution in [1.82, 2.24) is 5.16 Å². The quantitative estimate of drug-likeness (QED) is 0.604. The van der Waals surface area contributed by atoms with Crippen LogP contribution in [0.1, 0.15) is 25.2 Å². The van der Waals surface area contributed by atoms with Gasteiger partial charge in [-0.15, -0.1) is 0 Å². The molecule has 0 spiro atoms. The van der Waals surface area contributed by atoms with Crippen molar-refractivity contribution in [3.05, 3.63) is 17.5 Å². The molecule has 3 heteroatoms. The lowest BCUT2D eigenvalue weighted by Gasteiger charge is -2.13. The highest BCUT2D eigenvalue weighted by Crippen LogP contribution is 2.23. The van der Waals surface area contributed by atoms with Gasteiger partial charge in [0.2, 0.25) is 0 Å². The Balaban J connectivity index is 3.10. The van der Waals surface area contributed by atoms with Crippen LogP contribution in [0.2, 0.25) is 0 Å². The first-order valence-corrected chi connectivity index (χ1v) is 3.46. The predicted octanol–water partition coefficient (Wildman–Crippen LogP) is 1.46. The summed E-state index contributed by atoms with van der Waals surface area (Å²) in [7, 11) is 0. The first kappa shape index (κ1) is 7.98. The van der Waals surface area contributed by atoms with E-state index in [2.05, 4.69) is 5.16 Å². The Morgan fingerprint density at radius 2 is 2.27 bits per heavy atom. The first-order valence-electron chi connectivity index (χ1n) is 3.46. The molecule has 0 N–H and O–H groups in total. The number of hydrogen-bond acceptors (Lipinski definition) is 3. The largest absolute Gasteiger partial charge is 0.361 e. The average molecular weight is 153 g/mol. The summed E-state index contributed by atoms with van der Waals surface area (Å²) in [6.07, 6.45) is 2.48. The van der Waals surface area contributed by atoms with Gasteiger partial charge in [0.05, 0.1) is 11.6 Å². The van der Waals surface area contributed by atoms with E-state index in [4.69, 9.17) is 4.52 Å². The van der Waals surface area contributed by atoms with Gasteiger partial charge in [0.25, 0.3) is 0 Å². The van der Waals surface area contributed by atoms with Gasteiger partial charge in [-0.1, -0.05) is 5.16 Å². The molecule has 1 heterocycles. The van der Waals surface area contributed by atoms with Crippen LogP contribution >= 0.6 is 0 Å². The summed E-state index contributed by atoms with van der Waals surface area (Å²) in [5.74, 6) is 0.710. The lowest BCUT2D eigenvalue weighted by atomic mass is 9.87. The fourth-order valence-electron chi connectivity index (χ4n) is 0.982. The molecule has 0 unspecified atom stereocenters. The molecule has 1 rings (SSSR count). The van der Waals surface area contributed by atoms with Gasteiger partial charge in [0.1, 0.15) is 12.0 Å². The van der Waals surface area contributed by atoms with Crippen LogP contribution in [-0.4, -0.2) is 11.4 Å². The Kier molecular flexibility index (Phi) is 1.81. The SMILES string of the molecule is Cc1oncc1C(C)(C)C=O. The van der Waals surface area contributed by atoms with E-state index >= 15 is 0 Å². The van der Waals surface area contributed by atoms with Gasteiger partial charge in [-0.3, -0.25) is 0 Å². The molecule has 0 radical (unpaired) electrons. The zero-order valence-corrected chi connectivity index (χ0v) is 6.92. The van der Waals surface area contributed by atoms with E-state index in [0.29, 0.717) is 5.76 Å². The van der Waals surface area contributed by atoms with Crippen molar-refractivity contribution in [2.45, 2.75) is 26.2 Å². The Morgan fingerprint density at radius 3 is 2.64 bits per heavy atom. The van der Waals surface area contributed by atoms with E-state index in [1.165, 1.54) is 0 Å². The highest BCUT2D eigenvalue weighted by Gasteiger charge is 2.23. The summed E-state index contributed by atoms with van der Waals surface area (Å²) < 4.78 is 4.84. The Bertz CT molecular complexity index is 263. The summed E-state index contributed by atoms with van der Waals surface area (Å²) in [6.45, 7) is 5.46. The Labute approximate surface area is 65.4 Å². The third kappa shape index (κ3) is 1.31. The molecule has 0 aliphatic carbocycles. The fraction of sp³-hybridized carbons (Fsp3) is 0.500. The predicted molar refractivity (Wildman–Crippen MR) is 40.3 cm³/mol. The maximum atomic E-state index is 10.6. The number of hydrogen-bond donors (Lipinski definition) is 0. The van der Waals surface area contributed by atoms with E-state index < -0.39 is 5.41 Å². The van der Waals surface area contributed by atoms with Gasteiger partial charge in [-0.25, -0.2) is 0 Å².